The molecule has 0 radical (unpaired) electrons. The van der Waals surface area contributed by atoms with Gasteiger partial charge in [-0.1, -0.05) is 0 Å². The van der Waals surface area contributed by atoms with Crippen molar-refractivity contribution in [3.63, 3.8) is 0 Å². The minimum absolute atomic E-state index is 0.245. The third kappa shape index (κ3) is 5.89. The SMILES string of the molecule is CCOC(=O)c1ccc(NC(=O)COC(=O)c2c(NC(C)=O)sc(C)c2C)cc1. The zero-order valence-electron chi connectivity index (χ0n) is 16.6. The van der Waals surface area contributed by atoms with Crippen molar-refractivity contribution in [2.75, 3.05) is 23.8 Å². The summed E-state index contributed by atoms with van der Waals surface area (Å²) >= 11 is 1.27. The van der Waals surface area contributed by atoms with Gasteiger partial charge < -0.3 is 20.1 Å². The normalized spacial score (nSPS) is 10.2. The Morgan fingerprint density at radius 3 is 2.21 bits per heavy atom. The van der Waals surface area contributed by atoms with E-state index in [2.05, 4.69) is 10.6 Å². The zero-order valence-corrected chi connectivity index (χ0v) is 17.4. The Balaban J connectivity index is 1.96. The van der Waals surface area contributed by atoms with Crippen LogP contribution in [-0.4, -0.2) is 37.0 Å². The van der Waals surface area contributed by atoms with Crippen LogP contribution in [0.5, 0.6) is 0 Å². The summed E-state index contributed by atoms with van der Waals surface area (Å²) in [7, 11) is 0. The first-order valence-corrected chi connectivity index (χ1v) is 9.66. The van der Waals surface area contributed by atoms with Gasteiger partial charge in [0.25, 0.3) is 5.91 Å². The minimum atomic E-state index is -0.691. The standard InChI is InChI=1S/C20H22N2O6S/c1-5-27-19(25)14-6-8-15(9-7-14)22-16(24)10-28-20(26)17-11(2)12(3)29-18(17)21-13(4)23/h6-9H,5,10H2,1-4H3,(H,21,23)(H,22,24). The number of ether oxygens (including phenoxy) is 2. The minimum Gasteiger partial charge on any atom is -0.462 e. The molecule has 0 saturated carbocycles. The Kier molecular flexibility index (Phi) is 7.49. The summed E-state index contributed by atoms with van der Waals surface area (Å²) in [5.74, 6) is -1.98. The Hall–Kier alpha value is -3.20. The fraction of sp³-hybridized carbons (Fsp3) is 0.300. The van der Waals surface area contributed by atoms with Crippen molar-refractivity contribution < 1.29 is 28.7 Å². The van der Waals surface area contributed by atoms with E-state index in [9.17, 15) is 19.2 Å². The average Bonchev–Trinajstić information content (AvgIpc) is 2.93. The summed E-state index contributed by atoms with van der Waals surface area (Å²) in [6.07, 6.45) is 0. The lowest BCUT2D eigenvalue weighted by atomic mass is 10.1. The molecule has 2 aromatic rings. The van der Waals surface area contributed by atoms with Crippen molar-refractivity contribution in [1.29, 1.82) is 0 Å². The molecule has 1 heterocycles. The number of hydrogen-bond acceptors (Lipinski definition) is 7. The van der Waals surface area contributed by atoms with Gasteiger partial charge in [-0.15, -0.1) is 11.3 Å². The first-order chi connectivity index (χ1) is 13.7. The molecule has 0 bridgehead atoms. The van der Waals surface area contributed by atoms with Crippen LogP contribution in [0, 0.1) is 13.8 Å². The van der Waals surface area contributed by atoms with Crippen LogP contribution in [0.25, 0.3) is 0 Å². The molecule has 2 N–H and O–H groups in total. The third-order valence-electron chi connectivity index (χ3n) is 3.89. The van der Waals surface area contributed by atoms with E-state index >= 15 is 0 Å². The largest absolute Gasteiger partial charge is 0.462 e. The van der Waals surface area contributed by atoms with Gasteiger partial charge in [-0.25, -0.2) is 9.59 Å². The van der Waals surface area contributed by atoms with Gasteiger partial charge in [0, 0.05) is 17.5 Å². The van der Waals surface area contributed by atoms with Crippen molar-refractivity contribution in [3.8, 4) is 0 Å². The van der Waals surface area contributed by atoms with Crippen molar-refractivity contribution in [2.45, 2.75) is 27.7 Å². The molecule has 1 aromatic heterocycles. The lowest BCUT2D eigenvalue weighted by molar-refractivity contribution is -0.119. The summed E-state index contributed by atoms with van der Waals surface area (Å²) in [5.41, 5.74) is 1.75. The molecule has 2 rings (SSSR count). The molecule has 1 aromatic carbocycles. The second-order valence-electron chi connectivity index (χ2n) is 6.09. The van der Waals surface area contributed by atoms with E-state index in [1.807, 2.05) is 6.92 Å². The Morgan fingerprint density at radius 2 is 1.62 bits per heavy atom. The lowest BCUT2D eigenvalue weighted by Gasteiger charge is -2.09. The van der Waals surface area contributed by atoms with Crippen LogP contribution in [0.3, 0.4) is 0 Å². The van der Waals surface area contributed by atoms with Gasteiger partial charge in [-0.2, -0.15) is 0 Å². The van der Waals surface area contributed by atoms with Crippen LogP contribution < -0.4 is 10.6 Å². The molecule has 8 nitrogen and oxygen atoms in total. The van der Waals surface area contributed by atoms with Crippen molar-refractivity contribution in [3.05, 3.63) is 45.8 Å². The number of carbonyl (C=O) groups is 4. The van der Waals surface area contributed by atoms with Gasteiger partial charge in [-0.3, -0.25) is 9.59 Å². The van der Waals surface area contributed by atoms with Crippen molar-refractivity contribution in [1.82, 2.24) is 0 Å². The summed E-state index contributed by atoms with van der Waals surface area (Å²) in [5, 5.41) is 5.58. The highest BCUT2D eigenvalue weighted by atomic mass is 32.1. The van der Waals surface area contributed by atoms with Crippen LogP contribution in [-0.2, 0) is 19.1 Å². The maximum absolute atomic E-state index is 12.4. The first kappa shape index (κ1) is 22.1. The second-order valence-corrected chi connectivity index (χ2v) is 7.32. The molecular formula is C20H22N2O6S. The first-order valence-electron chi connectivity index (χ1n) is 8.84. The predicted octanol–water partition coefficient (Wildman–Crippen LogP) is 3.30. The summed E-state index contributed by atoms with van der Waals surface area (Å²) in [6.45, 7) is 6.42. The van der Waals surface area contributed by atoms with Gasteiger partial charge in [0.2, 0.25) is 5.91 Å². The number of anilines is 2. The Bertz CT molecular complexity index is 933. The highest BCUT2D eigenvalue weighted by Gasteiger charge is 2.22. The van der Waals surface area contributed by atoms with Gasteiger partial charge in [0.05, 0.1) is 17.7 Å². The maximum Gasteiger partial charge on any atom is 0.341 e. The fourth-order valence-corrected chi connectivity index (χ4v) is 3.52. The zero-order chi connectivity index (χ0) is 21.6. The summed E-state index contributed by atoms with van der Waals surface area (Å²) in [4.78, 5) is 48.3. The van der Waals surface area contributed by atoms with Crippen LogP contribution in [0.2, 0.25) is 0 Å². The van der Waals surface area contributed by atoms with Gasteiger partial charge >= 0.3 is 11.9 Å². The number of esters is 2. The molecule has 0 aliphatic rings. The maximum atomic E-state index is 12.4. The number of hydrogen-bond donors (Lipinski definition) is 2. The van der Waals surface area contributed by atoms with E-state index in [1.54, 1.807) is 26.0 Å². The van der Waals surface area contributed by atoms with E-state index < -0.39 is 24.5 Å². The van der Waals surface area contributed by atoms with Crippen LogP contribution in [0.1, 0.15) is 45.0 Å². The second kappa shape index (κ2) is 9.83. The average molecular weight is 418 g/mol. The molecule has 0 spiro atoms. The van der Waals surface area contributed by atoms with Crippen LogP contribution >= 0.6 is 11.3 Å². The number of amides is 2. The molecule has 0 fully saturated rings. The number of thiophene rings is 1. The van der Waals surface area contributed by atoms with Gasteiger partial charge in [0.1, 0.15) is 5.00 Å². The summed E-state index contributed by atoms with van der Waals surface area (Å²) in [6, 6.07) is 6.15. The highest BCUT2D eigenvalue weighted by molar-refractivity contribution is 7.16. The molecule has 2 amide bonds. The molecule has 0 atom stereocenters. The molecule has 0 aliphatic heterocycles. The Morgan fingerprint density at radius 1 is 0.966 bits per heavy atom. The summed E-state index contributed by atoms with van der Waals surface area (Å²) < 4.78 is 9.99. The Labute approximate surface area is 172 Å². The molecule has 0 aliphatic carbocycles. The molecule has 0 unspecified atom stereocenters. The van der Waals surface area contributed by atoms with Crippen LogP contribution in [0.15, 0.2) is 24.3 Å². The molecule has 154 valence electrons. The number of nitrogens with one attached hydrogen (secondary N) is 2. The predicted molar refractivity (Wildman–Crippen MR) is 109 cm³/mol. The monoisotopic (exact) mass is 418 g/mol. The van der Waals surface area contributed by atoms with Gasteiger partial charge in [0.15, 0.2) is 6.61 Å². The number of carbonyl (C=O) groups excluding carboxylic acids is 4. The molecular weight excluding hydrogens is 396 g/mol. The van der Waals surface area contributed by atoms with E-state index in [0.29, 0.717) is 21.8 Å². The van der Waals surface area contributed by atoms with Crippen molar-refractivity contribution >= 4 is 45.8 Å². The van der Waals surface area contributed by atoms with Crippen LogP contribution in [0.4, 0.5) is 10.7 Å². The molecule has 29 heavy (non-hydrogen) atoms. The molecule has 0 saturated heterocycles. The van der Waals surface area contributed by atoms with E-state index in [1.165, 1.54) is 30.4 Å². The number of aryl methyl sites for hydroxylation is 1. The van der Waals surface area contributed by atoms with E-state index in [0.717, 1.165) is 4.88 Å². The number of rotatable bonds is 7. The topological polar surface area (TPSA) is 111 Å². The number of benzene rings is 1. The lowest BCUT2D eigenvalue weighted by Crippen LogP contribution is -2.21. The van der Waals surface area contributed by atoms with E-state index in [-0.39, 0.29) is 18.1 Å². The van der Waals surface area contributed by atoms with E-state index in [4.69, 9.17) is 9.47 Å². The quantitative estimate of drug-likeness (QED) is 0.668. The van der Waals surface area contributed by atoms with Gasteiger partial charge in [-0.05, 0) is 50.6 Å². The molecule has 9 heteroatoms. The van der Waals surface area contributed by atoms with Crippen molar-refractivity contribution in [2.24, 2.45) is 0 Å². The third-order valence-corrected chi connectivity index (χ3v) is 5.02. The highest BCUT2D eigenvalue weighted by Crippen LogP contribution is 2.32. The fourth-order valence-electron chi connectivity index (χ4n) is 2.43. The smallest absolute Gasteiger partial charge is 0.341 e.